The summed E-state index contributed by atoms with van der Waals surface area (Å²) in [5.41, 5.74) is 5.27. The van der Waals surface area contributed by atoms with Gasteiger partial charge in [-0.25, -0.2) is 0 Å². The number of hydrogen-bond donors (Lipinski definition) is 2. The summed E-state index contributed by atoms with van der Waals surface area (Å²) in [4.78, 5) is 12.4. The number of carbonyl (C=O) groups excluding carboxylic acids is 1. The van der Waals surface area contributed by atoms with E-state index in [0.29, 0.717) is 0 Å². The Morgan fingerprint density at radius 2 is 2.40 bits per heavy atom. The quantitative estimate of drug-likeness (QED) is 0.773. The molecule has 2 unspecified atom stereocenters. The highest BCUT2D eigenvalue weighted by atomic mass is 32.1. The minimum absolute atomic E-state index is 0.208. The zero-order valence-electron chi connectivity index (χ0n) is 9.19. The topological polar surface area (TPSA) is 55.1 Å². The number of amides is 1. The van der Waals surface area contributed by atoms with Crippen molar-refractivity contribution in [1.82, 2.24) is 5.32 Å². The van der Waals surface area contributed by atoms with Gasteiger partial charge < -0.3 is 11.1 Å². The van der Waals surface area contributed by atoms with E-state index >= 15 is 0 Å². The van der Waals surface area contributed by atoms with Crippen molar-refractivity contribution in [2.45, 2.75) is 38.8 Å². The lowest BCUT2D eigenvalue weighted by molar-refractivity contribution is -0.120. The van der Waals surface area contributed by atoms with Crippen LogP contribution in [0, 0.1) is 0 Å². The van der Waals surface area contributed by atoms with E-state index in [-0.39, 0.29) is 18.0 Å². The van der Waals surface area contributed by atoms with Crippen molar-refractivity contribution in [3.8, 4) is 0 Å². The SMILES string of the molecule is CCC(NC(C)Cc1cccs1)C(N)=O. The normalized spacial score (nSPS) is 14.8. The number of hydrogen-bond acceptors (Lipinski definition) is 3. The summed E-state index contributed by atoms with van der Waals surface area (Å²) in [5.74, 6) is -0.268. The van der Waals surface area contributed by atoms with Crippen molar-refractivity contribution in [3.63, 3.8) is 0 Å². The molecule has 3 nitrogen and oxygen atoms in total. The van der Waals surface area contributed by atoms with Gasteiger partial charge in [0.1, 0.15) is 0 Å². The van der Waals surface area contributed by atoms with Crippen LogP contribution in [0.15, 0.2) is 17.5 Å². The third-order valence-electron chi connectivity index (χ3n) is 2.32. The molecule has 84 valence electrons. The predicted octanol–water partition coefficient (Wildman–Crippen LogP) is 1.53. The fourth-order valence-electron chi connectivity index (χ4n) is 1.53. The first-order valence-electron chi connectivity index (χ1n) is 5.21. The standard InChI is InChI=1S/C11H18N2OS/c1-3-10(11(12)14)13-8(2)7-9-5-4-6-15-9/h4-6,8,10,13H,3,7H2,1-2H3,(H2,12,14). The Hall–Kier alpha value is -0.870. The van der Waals surface area contributed by atoms with E-state index in [0.717, 1.165) is 12.8 Å². The Balaban J connectivity index is 2.41. The van der Waals surface area contributed by atoms with Crippen molar-refractivity contribution < 1.29 is 4.79 Å². The van der Waals surface area contributed by atoms with Crippen LogP contribution in [-0.2, 0) is 11.2 Å². The molecule has 0 aliphatic rings. The third kappa shape index (κ3) is 4.01. The molecular formula is C11H18N2OS. The highest BCUT2D eigenvalue weighted by Crippen LogP contribution is 2.11. The molecule has 0 aliphatic heterocycles. The summed E-state index contributed by atoms with van der Waals surface area (Å²) in [5, 5.41) is 5.30. The molecule has 3 N–H and O–H groups in total. The zero-order valence-corrected chi connectivity index (χ0v) is 10.0. The largest absolute Gasteiger partial charge is 0.368 e. The van der Waals surface area contributed by atoms with E-state index < -0.39 is 0 Å². The molecule has 1 aromatic heterocycles. The predicted molar refractivity (Wildman–Crippen MR) is 63.9 cm³/mol. The summed E-state index contributed by atoms with van der Waals surface area (Å²) in [6, 6.07) is 4.22. The highest BCUT2D eigenvalue weighted by Gasteiger charge is 2.15. The van der Waals surface area contributed by atoms with Gasteiger partial charge in [-0.3, -0.25) is 4.79 Å². The Bertz CT molecular complexity index is 298. The number of nitrogens with two attached hydrogens (primary N) is 1. The first kappa shape index (κ1) is 12.2. The fraction of sp³-hybridized carbons (Fsp3) is 0.545. The minimum atomic E-state index is -0.268. The molecule has 1 amide bonds. The summed E-state index contributed by atoms with van der Waals surface area (Å²) in [6.45, 7) is 4.03. The fourth-order valence-corrected chi connectivity index (χ4v) is 2.37. The number of thiophene rings is 1. The number of rotatable bonds is 6. The zero-order chi connectivity index (χ0) is 11.3. The Kier molecular flexibility index (Phi) is 4.78. The van der Waals surface area contributed by atoms with Gasteiger partial charge in [0.2, 0.25) is 5.91 Å². The van der Waals surface area contributed by atoms with Gasteiger partial charge in [-0.15, -0.1) is 11.3 Å². The lowest BCUT2D eigenvalue weighted by Gasteiger charge is -2.19. The van der Waals surface area contributed by atoms with Crippen molar-refractivity contribution in [2.75, 3.05) is 0 Å². The van der Waals surface area contributed by atoms with Crippen LogP contribution >= 0.6 is 11.3 Å². The Morgan fingerprint density at radius 1 is 1.67 bits per heavy atom. The third-order valence-corrected chi connectivity index (χ3v) is 3.22. The van der Waals surface area contributed by atoms with Crippen LogP contribution in [0.4, 0.5) is 0 Å². The lowest BCUT2D eigenvalue weighted by atomic mass is 10.1. The Morgan fingerprint density at radius 3 is 2.87 bits per heavy atom. The maximum Gasteiger partial charge on any atom is 0.234 e. The van der Waals surface area contributed by atoms with Gasteiger partial charge in [-0.2, -0.15) is 0 Å². The van der Waals surface area contributed by atoms with Crippen LogP contribution < -0.4 is 11.1 Å². The average Bonchev–Trinajstić information content (AvgIpc) is 2.66. The lowest BCUT2D eigenvalue weighted by Crippen LogP contribution is -2.45. The molecule has 0 bridgehead atoms. The van der Waals surface area contributed by atoms with E-state index in [1.165, 1.54) is 4.88 Å². The van der Waals surface area contributed by atoms with Crippen LogP contribution in [0.3, 0.4) is 0 Å². The summed E-state index contributed by atoms with van der Waals surface area (Å²) in [7, 11) is 0. The van der Waals surface area contributed by atoms with E-state index in [1.54, 1.807) is 11.3 Å². The Labute approximate surface area is 94.7 Å². The van der Waals surface area contributed by atoms with Crippen molar-refractivity contribution in [1.29, 1.82) is 0 Å². The second-order valence-corrected chi connectivity index (χ2v) is 4.75. The summed E-state index contributed by atoms with van der Waals surface area (Å²) < 4.78 is 0. The van der Waals surface area contributed by atoms with Gasteiger partial charge in [0.05, 0.1) is 6.04 Å². The highest BCUT2D eigenvalue weighted by molar-refractivity contribution is 7.09. The van der Waals surface area contributed by atoms with Gasteiger partial charge in [0.25, 0.3) is 0 Å². The molecule has 0 aliphatic carbocycles. The summed E-state index contributed by atoms with van der Waals surface area (Å²) in [6.07, 6.45) is 1.69. The van der Waals surface area contributed by atoms with Gasteiger partial charge in [0, 0.05) is 10.9 Å². The monoisotopic (exact) mass is 226 g/mol. The second-order valence-electron chi connectivity index (χ2n) is 3.71. The van der Waals surface area contributed by atoms with Crippen LogP contribution in [0.25, 0.3) is 0 Å². The molecule has 4 heteroatoms. The maximum absolute atomic E-state index is 11.0. The first-order chi connectivity index (χ1) is 7.13. The van der Waals surface area contributed by atoms with Crippen molar-refractivity contribution >= 4 is 17.2 Å². The molecule has 2 atom stereocenters. The summed E-state index contributed by atoms with van der Waals surface area (Å²) >= 11 is 1.74. The smallest absolute Gasteiger partial charge is 0.234 e. The molecule has 0 saturated heterocycles. The van der Waals surface area contributed by atoms with E-state index in [4.69, 9.17) is 5.73 Å². The van der Waals surface area contributed by atoms with E-state index in [2.05, 4.69) is 23.7 Å². The van der Waals surface area contributed by atoms with Gasteiger partial charge in [-0.05, 0) is 31.2 Å². The van der Waals surface area contributed by atoms with Crippen molar-refractivity contribution in [3.05, 3.63) is 22.4 Å². The molecule has 1 aromatic rings. The molecule has 0 fully saturated rings. The van der Waals surface area contributed by atoms with E-state index in [1.807, 2.05) is 13.0 Å². The van der Waals surface area contributed by atoms with Gasteiger partial charge >= 0.3 is 0 Å². The average molecular weight is 226 g/mol. The molecule has 0 aromatic carbocycles. The molecule has 0 radical (unpaired) electrons. The van der Waals surface area contributed by atoms with E-state index in [9.17, 15) is 4.79 Å². The molecule has 1 heterocycles. The second kappa shape index (κ2) is 5.88. The van der Waals surface area contributed by atoms with Crippen LogP contribution in [-0.4, -0.2) is 18.0 Å². The van der Waals surface area contributed by atoms with Crippen molar-refractivity contribution in [2.24, 2.45) is 5.73 Å². The number of nitrogens with one attached hydrogen (secondary N) is 1. The van der Waals surface area contributed by atoms with Gasteiger partial charge in [0.15, 0.2) is 0 Å². The molecular weight excluding hydrogens is 208 g/mol. The van der Waals surface area contributed by atoms with Gasteiger partial charge in [-0.1, -0.05) is 13.0 Å². The molecule has 0 saturated carbocycles. The number of primary amides is 1. The van der Waals surface area contributed by atoms with Crippen LogP contribution in [0.5, 0.6) is 0 Å². The van der Waals surface area contributed by atoms with Crippen LogP contribution in [0.1, 0.15) is 25.1 Å². The minimum Gasteiger partial charge on any atom is -0.368 e. The molecule has 0 spiro atoms. The molecule has 1 rings (SSSR count). The first-order valence-corrected chi connectivity index (χ1v) is 6.09. The van der Waals surface area contributed by atoms with Crippen LogP contribution in [0.2, 0.25) is 0 Å². The number of carbonyl (C=O) groups is 1. The molecule has 15 heavy (non-hydrogen) atoms. The maximum atomic E-state index is 11.0.